The third kappa shape index (κ3) is 4.53. The van der Waals surface area contributed by atoms with Crippen LogP contribution in [0.5, 0.6) is 0 Å². The molecule has 0 saturated heterocycles. The number of thioether (sulfide) groups is 1. The Morgan fingerprint density at radius 3 is 2.15 bits per heavy atom. The predicted octanol–water partition coefficient (Wildman–Crippen LogP) is 3.69. The molecule has 1 unspecified atom stereocenters. The lowest BCUT2D eigenvalue weighted by atomic mass is 10.0. The molecule has 108 valence electrons. The fourth-order valence-corrected chi connectivity index (χ4v) is 3.00. The van der Waals surface area contributed by atoms with E-state index in [0.29, 0.717) is 11.1 Å². The highest BCUT2D eigenvalue weighted by Crippen LogP contribution is 2.40. The van der Waals surface area contributed by atoms with E-state index in [4.69, 9.17) is 11.1 Å². The Balaban J connectivity index is 3.13. The third-order valence-corrected chi connectivity index (χ3v) is 4.08. The summed E-state index contributed by atoms with van der Waals surface area (Å²) in [5.74, 6) is 0.0725. The lowest BCUT2D eigenvalue weighted by Gasteiger charge is -2.25. The van der Waals surface area contributed by atoms with Gasteiger partial charge in [-0.25, -0.2) is 0 Å². The summed E-state index contributed by atoms with van der Waals surface area (Å²) in [6, 6.07) is 7.28. The molecule has 0 heterocycles. The zero-order chi connectivity index (χ0) is 15.5. The number of amidine groups is 1. The number of ketones is 1. The van der Waals surface area contributed by atoms with E-state index < -0.39 is 0 Å². The summed E-state index contributed by atoms with van der Waals surface area (Å²) in [5.41, 5.74) is 7.59. The van der Waals surface area contributed by atoms with Gasteiger partial charge in [0.25, 0.3) is 0 Å². The lowest BCUT2D eigenvalue weighted by Crippen LogP contribution is -2.18. The maximum absolute atomic E-state index is 12.4. The second-order valence-electron chi connectivity index (χ2n) is 5.79. The van der Waals surface area contributed by atoms with Gasteiger partial charge in [-0.05, 0) is 18.1 Å². The Morgan fingerprint density at radius 2 is 1.80 bits per heavy atom. The van der Waals surface area contributed by atoms with Crippen LogP contribution in [0.4, 0.5) is 0 Å². The monoisotopic (exact) mass is 290 g/mol. The van der Waals surface area contributed by atoms with E-state index in [9.17, 15) is 4.79 Å². The molecule has 3 nitrogen and oxygen atoms in total. The minimum Gasteiger partial charge on any atom is -0.384 e. The normalized spacial score (nSPS) is 12.8. The van der Waals surface area contributed by atoms with E-state index in [1.807, 2.05) is 12.1 Å². The van der Waals surface area contributed by atoms with Crippen molar-refractivity contribution in [3.63, 3.8) is 0 Å². The first-order valence-corrected chi connectivity index (χ1v) is 7.31. The van der Waals surface area contributed by atoms with E-state index in [0.717, 1.165) is 5.56 Å². The third-order valence-electron chi connectivity index (χ3n) is 2.65. The molecule has 0 bridgehead atoms. The van der Waals surface area contributed by atoms with Crippen LogP contribution in [0.15, 0.2) is 36.4 Å². The number of Topliss-reactive ketones (excluding diaryl/α,β-unsaturated/α-hetero) is 1. The number of benzene rings is 1. The molecule has 4 heteroatoms. The van der Waals surface area contributed by atoms with Gasteiger partial charge in [0.15, 0.2) is 5.78 Å². The molecule has 0 fully saturated rings. The van der Waals surface area contributed by atoms with Crippen molar-refractivity contribution in [2.24, 2.45) is 5.73 Å². The van der Waals surface area contributed by atoms with Crippen LogP contribution < -0.4 is 5.73 Å². The van der Waals surface area contributed by atoms with Crippen molar-refractivity contribution < 1.29 is 4.79 Å². The molecule has 0 spiro atoms. The van der Waals surface area contributed by atoms with Crippen molar-refractivity contribution in [3.8, 4) is 0 Å². The minimum absolute atomic E-state index is 0.0304. The highest BCUT2D eigenvalue weighted by Gasteiger charge is 2.27. The van der Waals surface area contributed by atoms with Crippen molar-refractivity contribution >= 4 is 23.4 Å². The maximum Gasteiger partial charge on any atom is 0.175 e. The van der Waals surface area contributed by atoms with Crippen molar-refractivity contribution in [2.75, 3.05) is 0 Å². The smallest absolute Gasteiger partial charge is 0.175 e. The topological polar surface area (TPSA) is 66.9 Å². The van der Waals surface area contributed by atoms with Crippen molar-refractivity contribution in [1.82, 2.24) is 0 Å². The molecule has 0 amide bonds. The Morgan fingerprint density at radius 1 is 1.30 bits per heavy atom. The lowest BCUT2D eigenvalue weighted by molar-refractivity contribution is -0.115. The summed E-state index contributed by atoms with van der Waals surface area (Å²) < 4.78 is -0.0327. The molecule has 1 aromatic carbocycles. The standard InChI is InChI=1S/C16H22N2OS/c1-10(2)13(19)14(20-16(3,4)5)11-6-8-12(9-7-11)15(17)18/h6-9,14H,1H2,2-5H3,(H3,17,18). The van der Waals surface area contributed by atoms with Gasteiger partial charge in [0.05, 0.1) is 5.25 Å². The van der Waals surface area contributed by atoms with Crippen LogP contribution in [0.3, 0.4) is 0 Å². The van der Waals surface area contributed by atoms with Gasteiger partial charge >= 0.3 is 0 Å². The summed E-state index contributed by atoms with van der Waals surface area (Å²) in [7, 11) is 0. The second-order valence-corrected chi connectivity index (χ2v) is 7.72. The van der Waals surface area contributed by atoms with Gasteiger partial charge in [-0.15, -0.1) is 11.8 Å². The van der Waals surface area contributed by atoms with Crippen LogP contribution >= 0.6 is 11.8 Å². The Labute approximate surface area is 125 Å². The van der Waals surface area contributed by atoms with Gasteiger partial charge in [-0.3, -0.25) is 10.2 Å². The highest BCUT2D eigenvalue weighted by molar-refractivity contribution is 8.01. The number of hydrogen-bond donors (Lipinski definition) is 2. The van der Waals surface area contributed by atoms with Crippen LogP contribution in [0, 0.1) is 5.41 Å². The molecule has 0 aromatic heterocycles. The number of nitrogens with one attached hydrogen (secondary N) is 1. The molecule has 1 rings (SSSR count). The van der Waals surface area contributed by atoms with E-state index in [1.165, 1.54) is 0 Å². The van der Waals surface area contributed by atoms with Crippen LogP contribution in [-0.4, -0.2) is 16.4 Å². The average Bonchev–Trinajstić information content (AvgIpc) is 2.34. The first kappa shape index (κ1) is 16.5. The summed E-state index contributed by atoms with van der Waals surface area (Å²) >= 11 is 1.61. The quantitative estimate of drug-likeness (QED) is 0.494. The van der Waals surface area contributed by atoms with Crippen LogP contribution in [0.2, 0.25) is 0 Å². The first-order valence-electron chi connectivity index (χ1n) is 6.43. The average molecular weight is 290 g/mol. The molecule has 0 saturated carbocycles. The molecular weight excluding hydrogens is 268 g/mol. The van der Waals surface area contributed by atoms with Gasteiger partial charge in [-0.2, -0.15) is 0 Å². The number of allylic oxidation sites excluding steroid dienone is 1. The summed E-state index contributed by atoms with van der Waals surface area (Å²) in [4.78, 5) is 12.4. The number of hydrogen-bond acceptors (Lipinski definition) is 3. The number of rotatable bonds is 5. The molecule has 0 aliphatic carbocycles. The fourth-order valence-electron chi connectivity index (χ4n) is 1.69. The van der Waals surface area contributed by atoms with Gasteiger partial charge < -0.3 is 5.73 Å². The molecule has 0 aliphatic heterocycles. The second kappa shape index (κ2) is 6.27. The summed E-state index contributed by atoms with van der Waals surface area (Å²) in [5, 5.41) is 7.13. The summed E-state index contributed by atoms with van der Waals surface area (Å²) in [6.45, 7) is 11.7. The first-order chi connectivity index (χ1) is 9.11. The minimum atomic E-state index is -0.270. The van der Waals surface area contributed by atoms with Gasteiger partial charge in [0, 0.05) is 10.3 Å². The van der Waals surface area contributed by atoms with E-state index in [2.05, 4.69) is 27.4 Å². The molecular formula is C16H22N2OS. The van der Waals surface area contributed by atoms with Crippen molar-refractivity contribution in [3.05, 3.63) is 47.5 Å². The predicted molar refractivity (Wildman–Crippen MR) is 87.4 cm³/mol. The number of nitrogen functional groups attached to an aromatic ring is 1. The Kier molecular flexibility index (Phi) is 5.17. The molecule has 1 atom stereocenters. The van der Waals surface area contributed by atoms with Gasteiger partial charge in [0.2, 0.25) is 0 Å². The maximum atomic E-state index is 12.4. The van der Waals surface area contributed by atoms with Crippen LogP contribution in [-0.2, 0) is 4.79 Å². The molecule has 0 aliphatic rings. The number of nitrogens with two attached hydrogens (primary N) is 1. The SMILES string of the molecule is C=C(C)C(=O)C(SC(C)(C)C)c1ccc(C(=N)N)cc1. The zero-order valence-corrected chi connectivity index (χ0v) is 13.3. The van der Waals surface area contributed by atoms with Crippen LogP contribution in [0.25, 0.3) is 0 Å². The fraction of sp³-hybridized carbons (Fsp3) is 0.375. The van der Waals surface area contributed by atoms with Gasteiger partial charge in [-0.1, -0.05) is 51.6 Å². The number of carbonyl (C=O) groups is 1. The van der Waals surface area contributed by atoms with Crippen LogP contribution in [0.1, 0.15) is 44.1 Å². The molecule has 1 aromatic rings. The van der Waals surface area contributed by atoms with E-state index in [-0.39, 0.29) is 21.6 Å². The Hall–Kier alpha value is -1.55. The zero-order valence-electron chi connectivity index (χ0n) is 12.5. The largest absolute Gasteiger partial charge is 0.384 e. The highest BCUT2D eigenvalue weighted by atomic mass is 32.2. The molecule has 20 heavy (non-hydrogen) atoms. The Bertz CT molecular complexity index is 526. The van der Waals surface area contributed by atoms with Gasteiger partial charge in [0.1, 0.15) is 5.84 Å². The van der Waals surface area contributed by atoms with Crippen molar-refractivity contribution in [1.29, 1.82) is 5.41 Å². The molecule has 3 N–H and O–H groups in total. The van der Waals surface area contributed by atoms with Crippen molar-refractivity contribution in [2.45, 2.75) is 37.7 Å². The molecule has 0 radical (unpaired) electrons. The number of carbonyl (C=O) groups excluding carboxylic acids is 1. The summed E-state index contributed by atoms with van der Waals surface area (Å²) in [6.07, 6.45) is 0. The van der Waals surface area contributed by atoms with E-state index >= 15 is 0 Å². The van der Waals surface area contributed by atoms with E-state index in [1.54, 1.807) is 30.8 Å².